The molecule has 0 unspecified atom stereocenters. The van der Waals surface area contributed by atoms with Gasteiger partial charge in [-0.3, -0.25) is 0 Å². The van der Waals surface area contributed by atoms with Crippen LogP contribution in [0.3, 0.4) is 0 Å². The zero-order chi connectivity index (χ0) is 19.6. The van der Waals surface area contributed by atoms with Crippen molar-refractivity contribution in [2.24, 2.45) is 0 Å². The molecule has 27 heavy (non-hydrogen) atoms. The van der Waals surface area contributed by atoms with Crippen LogP contribution in [-0.2, 0) is 0 Å². The average molecular weight is 382 g/mol. The Balaban J connectivity index is 1.78. The van der Waals surface area contributed by atoms with Crippen LogP contribution in [-0.4, -0.2) is 6.54 Å². The molecule has 0 radical (unpaired) electrons. The molecule has 0 aliphatic carbocycles. The van der Waals surface area contributed by atoms with Gasteiger partial charge in [-0.1, -0.05) is 103 Å². The first kappa shape index (κ1) is 23.9. The van der Waals surface area contributed by atoms with E-state index in [-0.39, 0.29) is 0 Å². The van der Waals surface area contributed by atoms with Crippen molar-refractivity contribution < 1.29 is 8.78 Å². The predicted molar refractivity (Wildman–Crippen MR) is 114 cm³/mol. The SMILES string of the molecule is CCCCCCCCCCCCCCCCCCNc1ccc(F)cc1F. The first-order chi connectivity index (χ1) is 13.2. The monoisotopic (exact) mass is 381 g/mol. The predicted octanol–water partition coefficient (Wildman–Crippen LogP) is 8.64. The molecule has 0 atom stereocenters. The topological polar surface area (TPSA) is 12.0 Å². The lowest BCUT2D eigenvalue weighted by Crippen LogP contribution is -2.03. The van der Waals surface area contributed by atoms with Gasteiger partial charge in [0.1, 0.15) is 11.6 Å². The summed E-state index contributed by atoms with van der Waals surface area (Å²) in [7, 11) is 0. The molecule has 1 rings (SSSR count). The van der Waals surface area contributed by atoms with Crippen LogP contribution < -0.4 is 5.32 Å². The summed E-state index contributed by atoms with van der Waals surface area (Å²) < 4.78 is 26.3. The highest BCUT2D eigenvalue weighted by molar-refractivity contribution is 5.44. The summed E-state index contributed by atoms with van der Waals surface area (Å²) in [5, 5.41) is 3.05. The van der Waals surface area contributed by atoms with Crippen LogP contribution in [0.1, 0.15) is 110 Å². The molecule has 1 nitrogen and oxygen atoms in total. The third-order valence-corrected chi connectivity index (χ3v) is 5.28. The van der Waals surface area contributed by atoms with Crippen molar-refractivity contribution in [1.82, 2.24) is 0 Å². The summed E-state index contributed by atoms with van der Waals surface area (Å²) in [6, 6.07) is 3.69. The summed E-state index contributed by atoms with van der Waals surface area (Å²) in [6.45, 7) is 3.02. The molecule has 0 fully saturated rings. The standard InChI is InChI=1S/C24H41F2N/c1-2-3-4-5-6-7-8-9-10-11-12-13-14-15-16-17-20-27-24-19-18-22(25)21-23(24)26/h18-19,21,27H,2-17,20H2,1H3. The molecule has 1 N–H and O–H groups in total. The Morgan fingerprint density at radius 1 is 0.630 bits per heavy atom. The van der Waals surface area contributed by atoms with Gasteiger partial charge in [0.2, 0.25) is 0 Å². The number of anilines is 1. The minimum absolute atomic E-state index is 0.400. The number of halogens is 2. The summed E-state index contributed by atoms with van der Waals surface area (Å²) in [6.07, 6.45) is 21.6. The van der Waals surface area contributed by atoms with Gasteiger partial charge >= 0.3 is 0 Å². The zero-order valence-corrected chi connectivity index (χ0v) is 17.5. The molecule has 0 aliphatic heterocycles. The highest BCUT2D eigenvalue weighted by Crippen LogP contribution is 2.16. The van der Waals surface area contributed by atoms with Crippen LogP contribution in [0.25, 0.3) is 0 Å². The van der Waals surface area contributed by atoms with Crippen molar-refractivity contribution in [3.63, 3.8) is 0 Å². The summed E-state index contributed by atoms with van der Waals surface area (Å²) in [4.78, 5) is 0. The first-order valence-corrected chi connectivity index (χ1v) is 11.4. The van der Waals surface area contributed by atoms with Crippen molar-refractivity contribution in [2.45, 2.75) is 110 Å². The van der Waals surface area contributed by atoms with E-state index in [1.165, 1.54) is 108 Å². The number of hydrogen-bond acceptors (Lipinski definition) is 1. The van der Waals surface area contributed by atoms with Crippen LogP contribution in [0, 0.1) is 11.6 Å². The number of hydrogen-bond donors (Lipinski definition) is 1. The molecule has 156 valence electrons. The fourth-order valence-corrected chi connectivity index (χ4v) is 3.53. The van der Waals surface area contributed by atoms with Crippen molar-refractivity contribution in [2.75, 3.05) is 11.9 Å². The Morgan fingerprint density at radius 2 is 1.07 bits per heavy atom. The smallest absolute Gasteiger partial charge is 0.149 e. The quantitative estimate of drug-likeness (QED) is 0.251. The Bertz CT molecular complexity index is 462. The number of rotatable bonds is 18. The second-order valence-electron chi connectivity index (χ2n) is 7.85. The maximum atomic E-state index is 13.5. The minimum Gasteiger partial charge on any atom is -0.383 e. The maximum absolute atomic E-state index is 13.5. The van der Waals surface area contributed by atoms with E-state index in [1.807, 2.05) is 0 Å². The fourth-order valence-electron chi connectivity index (χ4n) is 3.53. The van der Waals surface area contributed by atoms with Gasteiger partial charge in [-0.25, -0.2) is 8.78 Å². The molecule has 0 aliphatic rings. The van der Waals surface area contributed by atoms with E-state index in [9.17, 15) is 8.78 Å². The summed E-state index contributed by atoms with van der Waals surface area (Å²) in [5.74, 6) is -1.04. The van der Waals surface area contributed by atoms with E-state index in [0.29, 0.717) is 5.69 Å². The van der Waals surface area contributed by atoms with Gasteiger partial charge in [-0.2, -0.15) is 0 Å². The molecule has 1 aromatic carbocycles. The van der Waals surface area contributed by atoms with Crippen LogP contribution in [0.15, 0.2) is 18.2 Å². The molecule has 0 heterocycles. The lowest BCUT2D eigenvalue weighted by Gasteiger charge is -2.07. The second-order valence-corrected chi connectivity index (χ2v) is 7.85. The molecule has 0 amide bonds. The van der Waals surface area contributed by atoms with E-state index < -0.39 is 11.6 Å². The highest BCUT2D eigenvalue weighted by atomic mass is 19.1. The first-order valence-electron chi connectivity index (χ1n) is 11.4. The lowest BCUT2D eigenvalue weighted by atomic mass is 10.0. The molecule has 0 bridgehead atoms. The number of benzene rings is 1. The fraction of sp³-hybridized carbons (Fsp3) is 0.750. The molecule has 0 saturated carbocycles. The van der Waals surface area contributed by atoms with Gasteiger partial charge in [0.15, 0.2) is 0 Å². The molecular formula is C24H41F2N. The minimum atomic E-state index is -0.527. The molecule has 1 aromatic rings. The summed E-state index contributed by atoms with van der Waals surface area (Å²) in [5.41, 5.74) is 0.400. The molecular weight excluding hydrogens is 340 g/mol. The van der Waals surface area contributed by atoms with Gasteiger partial charge in [-0.15, -0.1) is 0 Å². The molecule has 0 spiro atoms. The van der Waals surface area contributed by atoms with E-state index in [2.05, 4.69) is 12.2 Å². The second kappa shape index (κ2) is 17.0. The van der Waals surface area contributed by atoms with Gasteiger partial charge < -0.3 is 5.32 Å². The van der Waals surface area contributed by atoms with Crippen LogP contribution in [0.4, 0.5) is 14.5 Å². The normalized spacial score (nSPS) is 11.1. The Hall–Kier alpha value is -1.12. The van der Waals surface area contributed by atoms with E-state index >= 15 is 0 Å². The third kappa shape index (κ3) is 13.7. The van der Waals surface area contributed by atoms with Crippen LogP contribution >= 0.6 is 0 Å². The Labute approximate surface area is 166 Å². The number of unbranched alkanes of at least 4 members (excludes halogenated alkanes) is 15. The van der Waals surface area contributed by atoms with Gasteiger partial charge in [0.25, 0.3) is 0 Å². The molecule has 0 saturated heterocycles. The van der Waals surface area contributed by atoms with Crippen molar-refractivity contribution in [3.8, 4) is 0 Å². The van der Waals surface area contributed by atoms with E-state index in [0.717, 1.165) is 19.0 Å². The lowest BCUT2D eigenvalue weighted by molar-refractivity contribution is 0.530. The molecule has 0 aromatic heterocycles. The van der Waals surface area contributed by atoms with E-state index in [4.69, 9.17) is 0 Å². The third-order valence-electron chi connectivity index (χ3n) is 5.28. The van der Waals surface area contributed by atoms with Crippen LogP contribution in [0.5, 0.6) is 0 Å². The van der Waals surface area contributed by atoms with Gasteiger partial charge in [-0.05, 0) is 18.6 Å². The van der Waals surface area contributed by atoms with Gasteiger partial charge in [0.05, 0.1) is 5.69 Å². The van der Waals surface area contributed by atoms with Crippen molar-refractivity contribution in [1.29, 1.82) is 0 Å². The van der Waals surface area contributed by atoms with E-state index in [1.54, 1.807) is 0 Å². The number of nitrogens with one attached hydrogen (secondary N) is 1. The van der Waals surface area contributed by atoms with Crippen molar-refractivity contribution >= 4 is 5.69 Å². The van der Waals surface area contributed by atoms with Crippen LogP contribution in [0.2, 0.25) is 0 Å². The molecule has 3 heteroatoms. The largest absolute Gasteiger partial charge is 0.383 e. The van der Waals surface area contributed by atoms with Gasteiger partial charge in [0, 0.05) is 12.6 Å². The highest BCUT2D eigenvalue weighted by Gasteiger charge is 2.02. The van der Waals surface area contributed by atoms with Crippen molar-refractivity contribution in [3.05, 3.63) is 29.8 Å². The Kier molecular flexibility index (Phi) is 15.1. The summed E-state index contributed by atoms with van der Waals surface area (Å²) >= 11 is 0. The average Bonchev–Trinajstić information content (AvgIpc) is 2.65. The Morgan fingerprint density at radius 3 is 1.52 bits per heavy atom. The zero-order valence-electron chi connectivity index (χ0n) is 17.5. The maximum Gasteiger partial charge on any atom is 0.149 e.